The van der Waals surface area contributed by atoms with Gasteiger partial charge in [0.1, 0.15) is 5.60 Å². The maximum absolute atomic E-state index is 12.0. The third-order valence-corrected chi connectivity index (χ3v) is 3.94. The zero-order valence-electron chi connectivity index (χ0n) is 15.3. The normalized spacial score (nSPS) is 10.8. The van der Waals surface area contributed by atoms with Crippen LogP contribution in [0.5, 0.6) is 0 Å². The summed E-state index contributed by atoms with van der Waals surface area (Å²) in [4.78, 5) is 47.2. The second-order valence-corrected chi connectivity index (χ2v) is 7.61. The number of Topliss-reactive ketones (excluding diaryl/α,β-unsaturated/α-hetero) is 1. The Morgan fingerprint density at radius 1 is 1.12 bits per heavy atom. The summed E-state index contributed by atoms with van der Waals surface area (Å²) in [5.74, 6) is -1.07. The lowest BCUT2D eigenvalue weighted by molar-refractivity contribution is -0.142. The molecule has 0 radical (unpaired) electrons. The van der Waals surface area contributed by atoms with Crippen LogP contribution in [-0.2, 0) is 25.6 Å². The first-order valence-corrected chi connectivity index (χ1v) is 8.87. The molecule has 0 aliphatic heterocycles. The first-order valence-electron chi connectivity index (χ1n) is 8.05. The first kappa shape index (κ1) is 21.6. The lowest BCUT2D eigenvalue weighted by atomic mass is 10.2. The van der Waals surface area contributed by atoms with E-state index in [2.05, 4.69) is 10.6 Å². The fraction of sp³-hybridized carbons (Fsp3) is 0.529. The molecule has 2 N–H and O–H groups in total. The van der Waals surface area contributed by atoms with Crippen LogP contribution in [-0.4, -0.2) is 42.5 Å². The zero-order chi connectivity index (χ0) is 19.7. The second kappa shape index (κ2) is 9.91. The number of ketones is 1. The molecule has 8 nitrogen and oxygen atoms in total. The van der Waals surface area contributed by atoms with E-state index >= 15 is 0 Å². The third-order valence-electron chi connectivity index (χ3n) is 2.81. The van der Waals surface area contributed by atoms with E-state index in [0.29, 0.717) is 11.4 Å². The largest absolute Gasteiger partial charge is 0.457 e. The zero-order valence-corrected chi connectivity index (χ0v) is 16.2. The van der Waals surface area contributed by atoms with E-state index in [1.165, 1.54) is 18.3 Å². The molecule has 0 aliphatic carbocycles. The second-order valence-electron chi connectivity index (χ2n) is 6.44. The highest BCUT2D eigenvalue weighted by molar-refractivity contribution is 7.14. The van der Waals surface area contributed by atoms with E-state index < -0.39 is 17.7 Å². The Kier molecular flexibility index (Phi) is 8.24. The van der Waals surface area contributed by atoms with Gasteiger partial charge in [0.25, 0.3) is 0 Å². The van der Waals surface area contributed by atoms with Crippen LogP contribution in [0.15, 0.2) is 12.1 Å². The molecule has 0 saturated heterocycles. The van der Waals surface area contributed by atoms with Crippen LogP contribution in [0.3, 0.4) is 0 Å². The van der Waals surface area contributed by atoms with Crippen molar-refractivity contribution in [3.05, 3.63) is 21.9 Å². The van der Waals surface area contributed by atoms with Gasteiger partial charge in [0.15, 0.2) is 6.61 Å². The minimum absolute atomic E-state index is 0.0573. The molecule has 26 heavy (non-hydrogen) atoms. The Hall–Kier alpha value is -2.42. The molecule has 0 aliphatic rings. The van der Waals surface area contributed by atoms with E-state index in [1.807, 2.05) is 0 Å². The maximum Gasteiger partial charge on any atom is 0.407 e. The number of nitrogens with one attached hydrogen (secondary N) is 2. The molecule has 9 heteroatoms. The summed E-state index contributed by atoms with van der Waals surface area (Å²) in [5.41, 5.74) is -0.615. The monoisotopic (exact) mass is 384 g/mol. The van der Waals surface area contributed by atoms with Gasteiger partial charge in [0, 0.05) is 18.3 Å². The lowest BCUT2D eigenvalue weighted by Gasteiger charge is -2.19. The summed E-state index contributed by atoms with van der Waals surface area (Å²) in [5, 5.41) is 5.08. The van der Waals surface area contributed by atoms with E-state index in [1.54, 1.807) is 32.9 Å². The van der Waals surface area contributed by atoms with E-state index in [9.17, 15) is 19.2 Å². The Morgan fingerprint density at radius 3 is 2.42 bits per heavy atom. The van der Waals surface area contributed by atoms with Gasteiger partial charge >= 0.3 is 12.1 Å². The molecule has 0 unspecified atom stereocenters. The molecule has 2 amide bonds. The third kappa shape index (κ3) is 9.16. The van der Waals surface area contributed by atoms with Gasteiger partial charge in [-0.25, -0.2) is 4.79 Å². The topological polar surface area (TPSA) is 111 Å². The number of amides is 2. The number of hydrogen-bond acceptors (Lipinski definition) is 7. The Labute approximate surface area is 156 Å². The number of rotatable bonds is 8. The molecule has 1 rings (SSSR count). The molecule has 0 spiro atoms. The van der Waals surface area contributed by atoms with Crippen molar-refractivity contribution in [1.82, 2.24) is 10.6 Å². The fourth-order valence-electron chi connectivity index (χ4n) is 1.70. The van der Waals surface area contributed by atoms with Crippen molar-refractivity contribution in [2.75, 3.05) is 13.2 Å². The highest BCUT2D eigenvalue weighted by atomic mass is 32.1. The van der Waals surface area contributed by atoms with Gasteiger partial charge in [0.05, 0.1) is 17.8 Å². The fourth-order valence-corrected chi connectivity index (χ4v) is 2.58. The van der Waals surface area contributed by atoms with Crippen molar-refractivity contribution in [3.8, 4) is 0 Å². The highest BCUT2D eigenvalue weighted by Gasteiger charge is 2.16. The van der Waals surface area contributed by atoms with E-state index in [4.69, 9.17) is 9.47 Å². The van der Waals surface area contributed by atoms with Crippen LogP contribution < -0.4 is 10.6 Å². The van der Waals surface area contributed by atoms with Crippen molar-refractivity contribution >= 4 is 35.1 Å². The number of alkyl carbamates (subject to hydrolysis) is 1. The molecule has 0 atom stereocenters. The Morgan fingerprint density at radius 2 is 1.81 bits per heavy atom. The minimum Gasteiger partial charge on any atom is -0.457 e. The molecule has 0 fully saturated rings. The molecular formula is C17H24N2O6S. The SMILES string of the molecule is CC(=O)NCc1ccc(C(=O)COC(=O)CCNC(=O)OC(C)(C)C)s1. The first-order chi connectivity index (χ1) is 12.1. The Balaban J connectivity index is 2.28. The van der Waals surface area contributed by atoms with Crippen molar-refractivity contribution in [2.45, 2.75) is 46.3 Å². The maximum atomic E-state index is 12.0. The summed E-state index contributed by atoms with van der Waals surface area (Å²) in [6.45, 7) is 6.66. The predicted molar refractivity (Wildman–Crippen MR) is 96.0 cm³/mol. The molecule has 0 aromatic carbocycles. The molecule has 0 bridgehead atoms. The van der Waals surface area contributed by atoms with Crippen LogP contribution in [0.1, 0.15) is 48.7 Å². The summed E-state index contributed by atoms with van der Waals surface area (Å²) in [6.07, 6.45) is -0.684. The number of hydrogen-bond donors (Lipinski definition) is 2. The van der Waals surface area contributed by atoms with Gasteiger partial charge in [-0.3, -0.25) is 14.4 Å². The van der Waals surface area contributed by atoms with E-state index in [0.717, 1.165) is 4.88 Å². The summed E-state index contributed by atoms with van der Waals surface area (Å²) in [6, 6.07) is 3.36. The lowest BCUT2D eigenvalue weighted by Crippen LogP contribution is -2.33. The van der Waals surface area contributed by atoms with Gasteiger partial charge in [-0.15, -0.1) is 11.3 Å². The minimum atomic E-state index is -0.619. The molecule has 144 valence electrons. The van der Waals surface area contributed by atoms with Crippen LogP contribution >= 0.6 is 11.3 Å². The smallest absolute Gasteiger partial charge is 0.407 e. The summed E-state index contributed by atoms with van der Waals surface area (Å²) < 4.78 is 9.94. The highest BCUT2D eigenvalue weighted by Crippen LogP contribution is 2.17. The quantitative estimate of drug-likeness (QED) is 0.524. The molecule has 1 aromatic heterocycles. The number of carbonyl (C=O) groups is 4. The van der Waals surface area contributed by atoms with Crippen molar-refractivity contribution in [3.63, 3.8) is 0 Å². The average Bonchev–Trinajstić information content (AvgIpc) is 2.98. The molecule has 1 heterocycles. The number of ether oxygens (including phenoxy) is 2. The van der Waals surface area contributed by atoms with Gasteiger partial charge in [-0.05, 0) is 32.9 Å². The van der Waals surface area contributed by atoms with Gasteiger partial charge in [-0.1, -0.05) is 0 Å². The van der Waals surface area contributed by atoms with Crippen LogP contribution in [0.25, 0.3) is 0 Å². The summed E-state index contributed by atoms with van der Waals surface area (Å²) in [7, 11) is 0. The van der Waals surface area contributed by atoms with Crippen LogP contribution in [0.2, 0.25) is 0 Å². The van der Waals surface area contributed by atoms with Crippen LogP contribution in [0, 0.1) is 0 Å². The predicted octanol–water partition coefficient (Wildman–Crippen LogP) is 2.02. The van der Waals surface area contributed by atoms with Crippen LogP contribution in [0.4, 0.5) is 4.79 Å². The van der Waals surface area contributed by atoms with Crippen molar-refractivity contribution < 1.29 is 28.7 Å². The van der Waals surface area contributed by atoms with Gasteiger partial charge in [-0.2, -0.15) is 0 Å². The van der Waals surface area contributed by atoms with Crippen molar-refractivity contribution in [1.29, 1.82) is 0 Å². The molecule has 0 saturated carbocycles. The van der Waals surface area contributed by atoms with Gasteiger partial charge in [0.2, 0.25) is 11.7 Å². The number of thiophene rings is 1. The Bertz CT molecular complexity index is 662. The average molecular weight is 384 g/mol. The molecule has 1 aromatic rings. The van der Waals surface area contributed by atoms with E-state index in [-0.39, 0.29) is 31.3 Å². The number of carbonyl (C=O) groups excluding carboxylic acids is 4. The number of esters is 1. The van der Waals surface area contributed by atoms with Crippen molar-refractivity contribution in [2.24, 2.45) is 0 Å². The molecular weight excluding hydrogens is 360 g/mol. The standard InChI is InChI=1S/C17H24N2O6S/c1-11(20)19-9-12-5-6-14(26-12)13(21)10-24-15(22)7-8-18-16(23)25-17(2,3)4/h5-6H,7-10H2,1-4H3,(H,18,23)(H,19,20). The van der Waals surface area contributed by atoms with Gasteiger partial charge < -0.3 is 20.1 Å². The summed E-state index contributed by atoms with van der Waals surface area (Å²) >= 11 is 1.23.